The van der Waals surface area contributed by atoms with E-state index in [-0.39, 0.29) is 36.3 Å². The van der Waals surface area contributed by atoms with Crippen LogP contribution >= 0.6 is 0 Å². The highest BCUT2D eigenvalue weighted by atomic mass is 32.2. The van der Waals surface area contributed by atoms with Crippen molar-refractivity contribution in [2.45, 2.75) is 19.0 Å². The van der Waals surface area contributed by atoms with Crippen LogP contribution in [0.1, 0.15) is 11.3 Å². The number of aromatic nitrogens is 2. The van der Waals surface area contributed by atoms with Gasteiger partial charge < -0.3 is 9.32 Å². The fourth-order valence-electron chi connectivity index (χ4n) is 3.20. The lowest BCUT2D eigenvalue weighted by atomic mass is 10.1. The minimum atomic E-state index is -3.33. The average molecular weight is 427 g/mol. The first kappa shape index (κ1) is 20.0. The molecule has 0 aliphatic carbocycles. The number of nitrogens with zero attached hydrogens (tertiary/aromatic N) is 3. The van der Waals surface area contributed by atoms with Crippen molar-refractivity contribution in [2.24, 2.45) is 0 Å². The highest BCUT2D eigenvalue weighted by Gasteiger charge is 2.30. The minimum absolute atomic E-state index is 0.0554. The Balaban J connectivity index is 1.53. The van der Waals surface area contributed by atoms with Crippen LogP contribution in [0.3, 0.4) is 0 Å². The summed E-state index contributed by atoms with van der Waals surface area (Å²) in [5.74, 6) is -0.518. The van der Waals surface area contributed by atoms with Crippen molar-refractivity contribution in [2.75, 3.05) is 5.75 Å². The lowest BCUT2D eigenvalue weighted by molar-refractivity contribution is -0.132. The van der Waals surface area contributed by atoms with Gasteiger partial charge in [0.05, 0.1) is 23.9 Å². The summed E-state index contributed by atoms with van der Waals surface area (Å²) in [4.78, 5) is 22.8. The zero-order valence-corrected chi connectivity index (χ0v) is 16.6. The van der Waals surface area contributed by atoms with Gasteiger partial charge in [0.2, 0.25) is 11.8 Å². The van der Waals surface area contributed by atoms with Crippen LogP contribution in [-0.4, -0.2) is 41.0 Å². The Morgan fingerprint density at radius 3 is 2.57 bits per heavy atom. The summed E-state index contributed by atoms with van der Waals surface area (Å²) >= 11 is 0. The number of hydrogen-bond donors (Lipinski definition) is 0. The third-order valence-corrected chi connectivity index (χ3v) is 6.09. The number of hydrogen-bond acceptors (Lipinski definition) is 6. The monoisotopic (exact) mass is 427 g/mol. The summed E-state index contributed by atoms with van der Waals surface area (Å²) in [6.07, 6.45) is 6.08. The van der Waals surface area contributed by atoms with E-state index in [1.54, 1.807) is 24.5 Å². The number of sulfone groups is 1. The molecule has 2 aromatic heterocycles. The number of pyridine rings is 1. The second-order valence-corrected chi connectivity index (χ2v) is 8.86. The summed E-state index contributed by atoms with van der Waals surface area (Å²) in [5, 5.41) is 1.15. The number of carbonyl (C=O) groups excluding carboxylic acids is 1. The van der Waals surface area contributed by atoms with Crippen molar-refractivity contribution in [1.82, 2.24) is 14.9 Å². The maximum Gasteiger partial charge on any atom is 0.229 e. The van der Waals surface area contributed by atoms with Crippen LogP contribution < -0.4 is 0 Å². The Morgan fingerprint density at radius 1 is 1.17 bits per heavy atom. The molecule has 4 rings (SSSR count). The molecule has 30 heavy (non-hydrogen) atoms. The van der Waals surface area contributed by atoms with Crippen molar-refractivity contribution < 1.29 is 22.0 Å². The normalized spacial score (nSPS) is 17.2. The third-order valence-electron chi connectivity index (χ3n) is 4.71. The molecule has 1 aliphatic heterocycles. The highest BCUT2D eigenvalue weighted by molar-refractivity contribution is 7.94. The molecule has 3 aromatic rings. The van der Waals surface area contributed by atoms with Crippen molar-refractivity contribution in [1.29, 1.82) is 0 Å². The summed E-state index contributed by atoms with van der Waals surface area (Å²) in [5.41, 5.74) is 1.83. The molecule has 154 valence electrons. The smallest absolute Gasteiger partial charge is 0.229 e. The molecule has 1 atom stereocenters. The van der Waals surface area contributed by atoms with E-state index in [0.717, 1.165) is 11.0 Å². The summed E-state index contributed by atoms with van der Waals surface area (Å²) in [6.45, 7) is 0.245. The minimum Gasteiger partial charge on any atom is -0.444 e. The fraction of sp³-hybridized carbons (Fsp3) is 0.190. The molecule has 1 aromatic carbocycles. The first-order chi connectivity index (χ1) is 14.4. The molecule has 0 bridgehead atoms. The van der Waals surface area contributed by atoms with Gasteiger partial charge in [-0.2, -0.15) is 0 Å². The molecular weight excluding hydrogens is 409 g/mol. The van der Waals surface area contributed by atoms with E-state index in [0.29, 0.717) is 11.3 Å². The SMILES string of the molecule is O=C(Cc1coc(-c2ccc(F)cc2)n1)N(Cc1ccncc1)C1C=CS(=O)(=O)C1. The van der Waals surface area contributed by atoms with Crippen LogP contribution in [0.15, 0.2) is 71.0 Å². The molecular formula is C21H18FN3O4S. The second-order valence-electron chi connectivity index (χ2n) is 6.93. The molecule has 1 amide bonds. The maximum absolute atomic E-state index is 13.1. The van der Waals surface area contributed by atoms with Crippen molar-refractivity contribution in [3.05, 3.63) is 83.6 Å². The van der Waals surface area contributed by atoms with Gasteiger partial charge in [-0.3, -0.25) is 9.78 Å². The van der Waals surface area contributed by atoms with E-state index in [2.05, 4.69) is 9.97 Å². The van der Waals surface area contributed by atoms with Gasteiger partial charge in [-0.05, 0) is 48.0 Å². The number of amides is 1. The maximum atomic E-state index is 13.1. The van der Waals surface area contributed by atoms with Gasteiger partial charge >= 0.3 is 0 Å². The molecule has 0 N–H and O–H groups in total. The van der Waals surface area contributed by atoms with Crippen LogP contribution in [-0.2, 0) is 27.6 Å². The fourth-order valence-corrected chi connectivity index (χ4v) is 4.50. The van der Waals surface area contributed by atoms with E-state index in [4.69, 9.17) is 4.42 Å². The number of benzene rings is 1. The van der Waals surface area contributed by atoms with E-state index < -0.39 is 15.9 Å². The van der Waals surface area contributed by atoms with E-state index in [9.17, 15) is 17.6 Å². The van der Waals surface area contributed by atoms with E-state index >= 15 is 0 Å². The van der Waals surface area contributed by atoms with Crippen molar-refractivity contribution in [3.63, 3.8) is 0 Å². The summed E-state index contributed by atoms with van der Waals surface area (Å²) in [7, 11) is -3.33. The average Bonchev–Trinajstić information content (AvgIpc) is 3.33. The van der Waals surface area contributed by atoms with Crippen molar-refractivity contribution in [3.8, 4) is 11.5 Å². The number of rotatable bonds is 6. The van der Waals surface area contributed by atoms with Crippen LogP contribution in [0.5, 0.6) is 0 Å². The van der Waals surface area contributed by atoms with Gasteiger partial charge in [0.25, 0.3) is 0 Å². The van der Waals surface area contributed by atoms with Crippen LogP contribution in [0.4, 0.5) is 4.39 Å². The van der Waals surface area contributed by atoms with Gasteiger partial charge in [-0.1, -0.05) is 0 Å². The highest BCUT2D eigenvalue weighted by Crippen LogP contribution is 2.22. The van der Waals surface area contributed by atoms with Gasteiger partial charge in [0, 0.05) is 29.9 Å². The second kappa shape index (κ2) is 8.19. The molecule has 0 spiro atoms. The van der Waals surface area contributed by atoms with Gasteiger partial charge in [0.15, 0.2) is 9.84 Å². The standard InChI is InChI=1S/C21H18FN3O4S/c22-17-3-1-16(2-4-17)21-24-18(13-29-21)11-20(26)25(12-15-5-8-23-9-6-15)19-7-10-30(27,28)14-19/h1-10,13,19H,11-12,14H2. The Bertz CT molecular complexity index is 1170. The topological polar surface area (TPSA) is 93.4 Å². The Labute approximate surface area is 172 Å². The van der Waals surface area contributed by atoms with Crippen LogP contribution in [0.2, 0.25) is 0 Å². The van der Waals surface area contributed by atoms with Gasteiger partial charge in [0.1, 0.15) is 12.1 Å². The zero-order chi connectivity index (χ0) is 21.1. The molecule has 0 radical (unpaired) electrons. The number of halogens is 1. The first-order valence-corrected chi connectivity index (χ1v) is 10.9. The molecule has 1 aliphatic rings. The van der Waals surface area contributed by atoms with Crippen molar-refractivity contribution >= 4 is 15.7 Å². The largest absolute Gasteiger partial charge is 0.444 e. The predicted molar refractivity (Wildman–Crippen MR) is 107 cm³/mol. The van der Waals surface area contributed by atoms with E-state index in [1.807, 2.05) is 0 Å². The Kier molecular flexibility index (Phi) is 5.45. The lowest BCUT2D eigenvalue weighted by Gasteiger charge is -2.27. The third kappa shape index (κ3) is 4.62. The lowest BCUT2D eigenvalue weighted by Crippen LogP contribution is -2.41. The predicted octanol–water partition coefficient (Wildman–Crippen LogP) is 2.76. The Hall–Kier alpha value is -3.33. The quantitative estimate of drug-likeness (QED) is 0.601. The molecule has 1 unspecified atom stereocenters. The summed E-state index contributed by atoms with van der Waals surface area (Å²) in [6, 6.07) is 8.67. The molecule has 0 fully saturated rings. The Morgan fingerprint density at radius 2 is 1.90 bits per heavy atom. The molecule has 3 heterocycles. The molecule has 7 nitrogen and oxygen atoms in total. The first-order valence-electron chi connectivity index (χ1n) is 9.19. The van der Waals surface area contributed by atoms with Gasteiger partial charge in [-0.15, -0.1) is 0 Å². The zero-order valence-electron chi connectivity index (χ0n) is 15.8. The van der Waals surface area contributed by atoms with Gasteiger partial charge in [-0.25, -0.2) is 17.8 Å². The molecule has 9 heteroatoms. The van der Waals surface area contributed by atoms with Crippen LogP contribution in [0, 0.1) is 5.82 Å². The van der Waals surface area contributed by atoms with E-state index in [1.165, 1.54) is 41.5 Å². The van der Waals surface area contributed by atoms with Crippen LogP contribution in [0.25, 0.3) is 11.5 Å². The number of oxazole rings is 1. The molecule has 0 saturated carbocycles. The molecule has 0 saturated heterocycles. The number of carbonyl (C=O) groups is 1. The summed E-state index contributed by atoms with van der Waals surface area (Å²) < 4.78 is 42.3.